The second kappa shape index (κ2) is 6.52. The van der Waals surface area contributed by atoms with Gasteiger partial charge in [0.25, 0.3) is 0 Å². The molecule has 2 aromatic rings. The van der Waals surface area contributed by atoms with Crippen molar-refractivity contribution in [3.8, 4) is 0 Å². The molecule has 2 fully saturated rings. The monoisotopic (exact) mass is 390 g/mol. The molecule has 1 aliphatic heterocycles. The maximum atomic E-state index is 5.92. The lowest BCUT2D eigenvalue weighted by atomic mass is 10.0. The quantitative estimate of drug-likeness (QED) is 0.683. The van der Waals surface area contributed by atoms with Crippen LogP contribution in [0.2, 0.25) is 0 Å². The van der Waals surface area contributed by atoms with Gasteiger partial charge in [0.2, 0.25) is 0 Å². The van der Waals surface area contributed by atoms with E-state index in [0.29, 0.717) is 11.8 Å². The number of hydrogen-bond donors (Lipinski definition) is 0. The maximum Gasteiger partial charge on any atom is 0.150 e. The third-order valence-corrected chi connectivity index (χ3v) is 6.04. The minimum Gasteiger partial charge on any atom is -0.505 e. The summed E-state index contributed by atoms with van der Waals surface area (Å²) in [6, 6.07) is 2.27. The number of hydrogen-bond acceptors (Lipinski definition) is 3. The second-order valence-corrected chi connectivity index (χ2v) is 7.63. The summed E-state index contributed by atoms with van der Waals surface area (Å²) in [6.45, 7) is 3.04. The van der Waals surface area contributed by atoms with Crippen molar-refractivity contribution in [3.63, 3.8) is 0 Å². The SMILES string of the molecule is COC=C[C@H]1C[C@H]1c1c(C)cc2c(cnn2[C@H]2CCCCO2)c1Br. The Labute approximate surface area is 150 Å². The van der Waals surface area contributed by atoms with Crippen molar-refractivity contribution in [2.45, 2.75) is 44.8 Å². The molecule has 128 valence electrons. The second-order valence-electron chi connectivity index (χ2n) is 6.83. The Hall–Kier alpha value is -1.33. The first-order valence-corrected chi connectivity index (χ1v) is 9.47. The molecule has 1 saturated heterocycles. The van der Waals surface area contributed by atoms with E-state index in [9.17, 15) is 0 Å². The summed E-state index contributed by atoms with van der Waals surface area (Å²) >= 11 is 3.86. The van der Waals surface area contributed by atoms with Crippen LogP contribution >= 0.6 is 15.9 Å². The first-order chi connectivity index (χ1) is 11.7. The highest BCUT2D eigenvalue weighted by Gasteiger charge is 2.39. The van der Waals surface area contributed by atoms with E-state index in [1.807, 2.05) is 6.20 Å². The molecule has 4 rings (SSSR count). The van der Waals surface area contributed by atoms with E-state index in [2.05, 4.69) is 44.8 Å². The van der Waals surface area contributed by atoms with Gasteiger partial charge in [-0.2, -0.15) is 5.10 Å². The van der Waals surface area contributed by atoms with Gasteiger partial charge in [-0.3, -0.25) is 0 Å². The summed E-state index contributed by atoms with van der Waals surface area (Å²) in [4.78, 5) is 0. The Kier molecular flexibility index (Phi) is 4.39. The fraction of sp³-hybridized carbons (Fsp3) is 0.526. The standard InChI is InChI=1S/C19H23BrN2O2/c1-12-9-16-15(11-21-22(16)17-5-3-4-7-24-17)19(20)18(12)14-10-13(14)6-8-23-2/h6,8-9,11,13-14,17H,3-5,7,10H2,1-2H3/t13-,14+,17+/m0/s1. The zero-order chi connectivity index (χ0) is 16.7. The topological polar surface area (TPSA) is 36.3 Å². The summed E-state index contributed by atoms with van der Waals surface area (Å²) in [7, 11) is 1.70. The summed E-state index contributed by atoms with van der Waals surface area (Å²) < 4.78 is 14.2. The average Bonchev–Trinajstić information content (AvgIpc) is 3.22. The molecule has 2 aliphatic rings. The number of aryl methyl sites for hydroxylation is 1. The predicted octanol–water partition coefficient (Wildman–Crippen LogP) is 5.07. The predicted molar refractivity (Wildman–Crippen MR) is 98.0 cm³/mol. The van der Waals surface area contributed by atoms with Crippen molar-refractivity contribution >= 4 is 26.8 Å². The van der Waals surface area contributed by atoms with Crippen LogP contribution in [-0.2, 0) is 9.47 Å². The maximum absolute atomic E-state index is 5.92. The fourth-order valence-electron chi connectivity index (χ4n) is 3.83. The molecule has 5 heteroatoms. The number of allylic oxidation sites excluding steroid dienone is 1. The van der Waals surface area contributed by atoms with Gasteiger partial charge in [-0.1, -0.05) is 0 Å². The molecule has 24 heavy (non-hydrogen) atoms. The molecular weight excluding hydrogens is 368 g/mol. The Morgan fingerprint density at radius 2 is 2.29 bits per heavy atom. The van der Waals surface area contributed by atoms with Crippen LogP contribution in [0.25, 0.3) is 10.9 Å². The zero-order valence-corrected chi connectivity index (χ0v) is 15.8. The van der Waals surface area contributed by atoms with Crippen molar-refractivity contribution in [2.24, 2.45) is 5.92 Å². The molecule has 0 bridgehead atoms. The number of benzene rings is 1. The van der Waals surface area contributed by atoms with E-state index in [-0.39, 0.29) is 6.23 Å². The van der Waals surface area contributed by atoms with E-state index in [0.717, 1.165) is 19.4 Å². The number of rotatable bonds is 4. The molecule has 1 aliphatic carbocycles. The van der Waals surface area contributed by atoms with Crippen LogP contribution in [0.15, 0.2) is 29.1 Å². The minimum atomic E-state index is 0.0757. The normalized spacial score (nSPS) is 27.0. The molecule has 3 atom stereocenters. The highest BCUT2D eigenvalue weighted by Crippen LogP contribution is 2.53. The molecule has 0 spiro atoms. The van der Waals surface area contributed by atoms with Gasteiger partial charge < -0.3 is 9.47 Å². The van der Waals surface area contributed by atoms with Crippen molar-refractivity contribution in [2.75, 3.05) is 13.7 Å². The van der Waals surface area contributed by atoms with Gasteiger partial charge in [0.15, 0.2) is 6.23 Å². The largest absolute Gasteiger partial charge is 0.505 e. The molecule has 1 saturated carbocycles. The van der Waals surface area contributed by atoms with Gasteiger partial charge in [-0.15, -0.1) is 0 Å². The molecule has 2 heterocycles. The molecule has 4 nitrogen and oxygen atoms in total. The number of methoxy groups -OCH3 is 1. The van der Waals surface area contributed by atoms with Gasteiger partial charge in [0.1, 0.15) is 0 Å². The van der Waals surface area contributed by atoms with Crippen LogP contribution in [0.3, 0.4) is 0 Å². The first-order valence-electron chi connectivity index (χ1n) is 8.68. The third-order valence-electron chi connectivity index (χ3n) is 5.19. The van der Waals surface area contributed by atoms with E-state index in [1.54, 1.807) is 13.4 Å². The van der Waals surface area contributed by atoms with Crippen molar-refractivity contribution in [3.05, 3.63) is 40.2 Å². The number of aromatic nitrogens is 2. The summed E-state index contributed by atoms with van der Waals surface area (Å²) in [5.74, 6) is 1.15. The Bertz CT molecular complexity index is 777. The zero-order valence-electron chi connectivity index (χ0n) is 14.2. The van der Waals surface area contributed by atoms with E-state index >= 15 is 0 Å². The number of ether oxygens (including phenoxy) is 2. The summed E-state index contributed by atoms with van der Waals surface area (Å²) in [5.41, 5.74) is 3.90. The minimum absolute atomic E-state index is 0.0757. The third kappa shape index (κ3) is 2.78. The van der Waals surface area contributed by atoms with E-state index in [1.165, 1.54) is 39.3 Å². The fourth-order valence-corrected chi connectivity index (χ4v) is 4.74. The summed E-state index contributed by atoms with van der Waals surface area (Å²) in [6.07, 6.45) is 10.6. The highest BCUT2D eigenvalue weighted by atomic mass is 79.9. The van der Waals surface area contributed by atoms with Crippen LogP contribution < -0.4 is 0 Å². The van der Waals surface area contributed by atoms with Gasteiger partial charge in [0, 0.05) is 16.5 Å². The Morgan fingerprint density at radius 1 is 1.42 bits per heavy atom. The summed E-state index contributed by atoms with van der Waals surface area (Å²) in [5, 5.41) is 5.82. The number of nitrogens with zero attached hydrogens (tertiary/aromatic N) is 2. The highest BCUT2D eigenvalue weighted by molar-refractivity contribution is 9.10. The van der Waals surface area contributed by atoms with Crippen molar-refractivity contribution in [1.29, 1.82) is 0 Å². The van der Waals surface area contributed by atoms with Gasteiger partial charge >= 0.3 is 0 Å². The molecule has 0 N–H and O–H groups in total. The van der Waals surface area contributed by atoms with Crippen LogP contribution in [0.1, 0.15) is 49.0 Å². The number of halogens is 1. The molecule has 0 radical (unpaired) electrons. The van der Waals surface area contributed by atoms with Crippen LogP contribution in [0.4, 0.5) is 0 Å². The Morgan fingerprint density at radius 3 is 3.04 bits per heavy atom. The van der Waals surface area contributed by atoms with Crippen molar-refractivity contribution < 1.29 is 9.47 Å². The van der Waals surface area contributed by atoms with E-state index < -0.39 is 0 Å². The number of fused-ring (bicyclic) bond motifs is 1. The Balaban J connectivity index is 1.70. The smallest absolute Gasteiger partial charge is 0.150 e. The lowest BCUT2D eigenvalue weighted by Crippen LogP contribution is -2.19. The molecule has 1 aromatic carbocycles. The lowest BCUT2D eigenvalue weighted by Gasteiger charge is -2.23. The molecule has 0 unspecified atom stereocenters. The molecular formula is C19H23BrN2O2. The van der Waals surface area contributed by atoms with E-state index in [4.69, 9.17) is 9.47 Å². The van der Waals surface area contributed by atoms with Crippen LogP contribution in [0, 0.1) is 12.8 Å². The molecule has 0 amide bonds. The van der Waals surface area contributed by atoms with Crippen LogP contribution in [-0.4, -0.2) is 23.5 Å². The van der Waals surface area contributed by atoms with Crippen molar-refractivity contribution in [1.82, 2.24) is 9.78 Å². The lowest BCUT2D eigenvalue weighted by molar-refractivity contribution is -0.0366. The molecule has 1 aromatic heterocycles. The van der Waals surface area contributed by atoms with Crippen LogP contribution in [0.5, 0.6) is 0 Å². The average molecular weight is 391 g/mol. The first kappa shape index (κ1) is 16.2. The van der Waals surface area contributed by atoms with Gasteiger partial charge in [-0.05, 0) is 83.6 Å². The van der Waals surface area contributed by atoms with Gasteiger partial charge in [0.05, 0.1) is 25.1 Å². The van der Waals surface area contributed by atoms with Gasteiger partial charge in [-0.25, -0.2) is 4.68 Å².